The Balaban J connectivity index is 2.54. The van der Waals surface area contributed by atoms with Crippen LogP contribution in [0.5, 0.6) is 0 Å². The molecule has 2 rings (SSSR count). The highest BCUT2D eigenvalue weighted by atomic mass is 32.1. The van der Waals surface area contributed by atoms with Crippen molar-refractivity contribution in [2.75, 3.05) is 5.43 Å². The number of hydrazine groups is 1. The Kier molecular flexibility index (Phi) is 3.08. The number of hydrogen-bond donors (Lipinski definition) is 2. The van der Waals surface area contributed by atoms with Crippen LogP contribution in [0.3, 0.4) is 0 Å². The largest absolute Gasteiger partial charge is 0.308 e. The summed E-state index contributed by atoms with van der Waals surface area (Å²) in [6, 6.07) is 1.86. The minimum absolute atomic E-state index is 0.0562. The third-order valence-electron chi connectivity index (χ3n) is 2.30. The fraction of sp³-hybridized carbons (Fsp3) is 0.364. The number of thiazole rings is 1. The van der Waals surface area contributed by atoms with Gasteiger partial charge in [-0.05, 0) is 0 Å². The molecule has 0 aliphatic heterocycles. The Labute approximate surface area is 104 Å². The molecule has 2 aromatic rings. The van der Waals surface area contributed by atoms with Crippen molar-refractivity contribution in [3.05, 3.63) is 22.7 Å². The number of aromatic nitrogens is 3. The number of nitrogens with zero attached hydrogens (tertiary/aromatic N) is 3. The van der Waals surface area contributed by atoms with E-state index in [1.165, 1.54) is 11.3 Å². The zero-order valence-corrected chi connectivity index (χ0v) is 10.9. The van der Waals surface area contributed by atoms with E-state index in [0.29, 0.717) is 11.6 Å². The molecule has 2 aromatic heterocycles. The molecular formula is C11H15N5S. The molecule has 6 heteroatoms. The normalized spacial score (nSPS) is 11.5. The Morgan fingerprint density at radius 1 is 1.29 bits per heavy atom. The molecule has 17 heavy (non-hydrogen) atoms. The lowest BCUT2D eigenvalue weighted by Gasteiger charge is -2.18. The second-order valence-electron chi connectivity index (χ2n) is 4.73. The highest BCUT2D eigenvalue weighted by Gasteiger charge is 2.18. The summed E-state index contributed by atoms with van der Waals surface area (Å²) in [7, 11) is 0. The van der Waals surface area contributed by atoms with Crippen molar-refractivity contribution in [3.63, 3.8) is 0 Å². The first-order chi connectivity index (χ1) is 8.00. The van der Waals surface area contributed by atoms with Crippen LogP contribution in [0.1, 0.15) is 26.5 Å². The summed E-state index contributed by atoms with van der Waals surface area (Å²) in [4.78, 5) is 13.0. The van der Waals surface area contributed by atoms with Crippen molar-refractivity contribution in [1.29, 1.82) is 0 Å². The molecule has 0 bridgehead atoms. The van der Waals surface area contributed by atoms with Gasteiger partial charge in [-0.15, -0.1) is 11.3 Å². The first-order valence-electron chi connectivity index (χ1n) is 5.25. The second kappa shape index (κ2) is 4.38. The van der Waals surface area contributed by atoms with Crippen LogP contribution in [-0.2, 0) is 5.41 Å². The molecule has 0 aromatic carbocycles. The molecule has 90 valence electrons. The average molecular weight is 249 g/mol. The molecule has 0 unspecified atom stereocenters. The summed E-state index contributed by atoms with van der Waals surface area (Å²) < 4.78 is 0. The zero-order valence-electron chi connectivity index (χ0n) is 10.1. The maximum Gasteiger partial charge on any atom is 0.181 e. The average Bonchev–Trinajstić information content (AvgIpc) is 2.80. The van der Waals surface area contributed by atoms with Crippen LogP contribution < -0.4 is 11.3 Å². The standard InChI is InChI=1S/C11H15N5S/c1-11(2,3)8-4-9(16-12)15-10(14-8)7-5-17-6-13-7/h4-6H,12H2,1-3H3,(H,14,15,16). The maximum absolute atomic E-state index is 5.43. The van der Waals surface area contributed by atoms with E-state index < -0.39 is 0 Å². The number of nitrogens with one attached hydrogen (secondary N) is 1. The summed E-state index contributed by atoms with van der Waals surface area (Å²) >= 11 is 1.52. The lowest BCUT2D eigenvalue weighted by molar-refractivity contribution is 0.568. The van der Waals surface area contributed by atoms with E-state index >= 15 is 0 Å². The minimum Gasteiger partial charge on any atom is -0.308 e. The van der Waals surface area contributed by atoms with Crippen molar-refractivity contribution in [2.24, 2.45) is 5.84 Å². The summed E-state index contributed by atoms with van der Waals surface area (Å²) in [6.45, 7) is 6.29. The monoisotopic (exact) mass is 249 g/mol. The van der Waals surface area contributed by atoms with Gasteiger partial charge in [0.1, 0.15) is 11.5 Å². The molecule has 0 spiro atoms. The van der Waals surface area contributed by atoms with Gasteiger partial charge in [-0.2, -0.15) is 0 Å². The molecule has 2 heterocycles. The Hall–Kier alpha value is -1.53. The highest BCUT2D eigenvalue weighted by molar-refractivity contribution is 7.07. The molecule has 0 aliphatic carbocycles. The van der Waals surface area contributed by atoms with Crippen LogP contribution in [0.25, 0.3) is 11.5 Å². The van der Waals surface area contributed by atoms with Crippen LogP contribution in [0.15, 0.2) is 17.0 Å². The second-order valence-corrected chi connectivity index (χ2v) is 5.45. The Bertz CT molecular complexity index is 501. The predicted molar refractivity (Wildman–Crippen MR) is 69.7 cm³/mol. The lowest BCUT2D eigenvalue weighted by Crippen LogP contribution is -2.17. The van der Waals surface area contributed by atoms with Gasteiger partial charge in [0.15, 0.2) is 5.82 Å². The number of anilines is 1. The van der Waals surface area contributed by atoms with Crippen molar-refractivity contribution in [1.82, 2.24) is 15.0 Å². The summed E-state index contributed by atoms with van der Waals surface area (Å²) in [5, 5.41) is 1.92. The molecule has 0 amide bonds. The predicted octanol–water partition coefficient (Wildman–Crippen LogP) is 2.18. The van der Waals surface area contributed by atoms with E-state index in [-0.39, 0.29) is 5.41 Å². The van der Waals surface area contributed by atoms with Crippen molar-refractivity contribution < 1.29 is 0 Å². The van der Waals surface area contributed by atoms with E-state index in [1.807, 2.05) is 11.4 Å². The summed E-state index contributed by atoms with van der Waals surface area (Å²) in [5.74, 6) is 6.63. The van der Waals surface area contributed by atoms with Crippen molar-refractivity contribution in [2.45, 2.75) is 26.2 Å². The molecule has 0 aliphatic rings. The summed E-state index contributed by atoms with van der Waals surface area (Å²) in [5.41, 5.74) is 5.98. The van der Waals surface area contributed by atoms with Crippen LogP contribution in [0.4, 0.5) is 5.82 Å². The third kappa shape index (κ3) is 2.59. The molecule has 5 nitrogen and oxygen atoms in total. The van der Waals surface area contributed by atoms with Gasteiger partial charge in [-0.3, -0.25) is 0 Å². The number of nitrogen functional groups attached to an aromatic ring is 1. The lowest BCUT2D eigenvalue weighted by atomic mass is 9.92. The number of hydrogen-bond acceptors (Lipinski definition) is 6. The molecule has 0 saturated heterocycles. The zero-order chi connectivity index (χ0) is 12.5. The van der Waals surface area contributed by atoms with Gasteiger partial charge in [-0.25, -0.2) is 20.8 Å². The van der Waals surface area contributed by atoms with Crippen molar-refractivity contribution in [3.8, 4) is 11.5 Å². The van der Waals surface area contributed by atoms with E-state index in [9.17, 15) is 0 Å². The van der Waals surface area contributed by atoms with E-state index in [4.69, 9.17) is 5.84 Å². The molecule has 0 radical (unpaired) electrons. The number of nitrogens with two attached hydrogens (primary N) is 1. The molecule has 0 atom stereocenters. The maximum atomic E-state index is 5.43. The minimum atomic E-state index is -0.0562. The first-order valence-corrected chi connectivity index (χ1v) is 6.20. The Morgan fingerprint density at radius 2 is 2.06 bits per heavy atom. The van der Waals surface area contributed by atoms with Gasteiger partial charge < -0.3 is 5.43 Å². The van der Waals surface area contributed by atoms with Gasteiger partial charge in [0.2, 0.25) is 0 Å². The fourth-order valence-corrected chi connectivity index (χ4v) is 1.87. The van der Waals surface area contributed by atoms with Crippen LogP contribution in [0.2, 0.25) is 0 Å². The molecular weight excluding hydrogens is 234 g/mol. The smallest absolute Gasteiger partial charge is 0.181 e. The summed E-state index contributed by atoms with van der Waals surface area (Å²) in [6.07, 6.45) is 0. The van der Waals surface area contributed by atoms with Gasteiger partial charge >= 0.3 is 0 Å². The van der Waals surface area contributed by atoms with Crippen LogP contribution in [0, 0.1) is 0 Å². The number of rotatable bonds is 2. The molecule has 0 fully saturated rings. The third-order valence-corrected chi connectivity index (χ3v) is 2.89. The quantitative estimate of drug-likeness (QED) is 0.630. The van der Waals surface area contributed by atoms with Crippen LogP contribution >= 0.6 is 11.3 Å². The van der Waals surface area contributed by atoms with Gasteiger partial charge in [0.25, 0.3) is 0 Å². The van der Waals surface area contributed by atoms with Gasteiger partial charge in [0.05, 0.1) is 11.2 Å². The highest BCUT2D eigenvalue weighted by Crippen LogP contribution is 2.25. The SMILES string of the molecule is CC(C)(C)c1cc(NN)nc(-c2cscn2)n1. The molecule has 3 N–H and O–H groups in total. The van der Waals surface area contributed by atoms with Gasteiger partial charge in [0, 0.05) is 16.9 Å². The van der Waals surface area contributed by atoms with E-state index in [0.717, 1.165) is 11.4 Å². The topological polar surface area (TPSA) is 76.7 Å². The van der Waals surface area contributed by atoms with E-state index in [2.05, 4.69) is 41.1 Å². The Morgan fingerprint density at radius 3 is 2.59 bits per heavy atom. The fourth-order valence-electron chi connectivity index (χ4n) is 1.34. The first kappa shape index (κ1) is 11.9. The molecule has 0 saturated carbocycles. The van der Waals surface area contributed by atoms with E-state index in [1.54, 1.807) is 5.51 Å². The van der Waals surface area contributed by atoms with Crippen molar-refractivity contribution >= 4 is 17.2 Å². The van der Waals surface area contributed by atoms with Gasteiger partial charge in [-0.1, -0.05) is 20.8 Å². The van der Waals surface area contributed by atoms with Crippen LogP contribution in [-0.4, -0.2) is 15.0 Å².